The number of aryl methyl sites for hydroxylation is 1. The predicted octanol–water partition coefficient (Wildman–Crippen LogP) is 2.90. The third-order valence-electron chi connectivity index (χ3n) is 3.62. The summed E-state index contributed by atoms with van der Waals surface area (Å²) in [5.74, 6) is -0.253. The number of esters is 1. The first kappa shape index (κ1) is 18.1. The van der Waals surface area contributed by atoms with E-state index in [0.717, 1.165) is 41.8 Å². The second-order valence-corrected chi connectivity index (χ2v) is 5.80. The number of methoxy groups -OCH3 is 1. The van der Waals surface area contributed by atoms with E-state index in [1.807, 2.05) is 25.1 Å². The lowest BCUT2D eigenvalue weighted by Crippen LogP contribution is -2.36. The number of carbonyl (C=O) groups is 1. The van der Waals surface area contributed by atoms with Gasteiger partial charge in [-0.25, -0.2) is 4.79 Å². The third kappa shape index (κ3) is 5.41. The molecule has 0 aliphatic rings. The summed E-state index contributed by atoms with van der Waals surface area (Å²) in [7, 11) is 1.42. The van der Waals surface area contributed by atoms with Crippen molar-refractivity contribution in [3.8, 4) is 0 Å². The molecule has 0 fully saturated rings. The molecule has 1 unspecified atom stereocenters. The van der Waals surface area contributed by atoms with Crippen LogP contribution in [0.15, 0.2) is 22.7 Å². The minimum absolute atomic E-state index is 0.253. The Labute approximate surface area is 136 Å². The monoisotopic (exact) mass is 356 g/mol. The standard InChI is InChI=1S/C16H25BrN2O2/c1-5-19(6-2)10-9-18-15(16(20)21-4)13-7-8-14(17)12(3)11-13/h7-8,11,15,18H,5-6,9-10H2,1-4H3. The van der Waals surface area contributed by atoms with Crippen molar-refractivity contribution in [2.75, 3.05) is 33.3 Å². The van der Waals surface area contributed by atoms with E-state index in [1.54, 1.807) is 0 Å². The van der Waals surface area contributed by atoms with Crippen LogP contribution in [0.4, 0.5) is 0 Å². The molecule has 0 radical (unpaired) electrons. The Hall–Kier alpha value is -0.910. The summed E-state index contributed by atoms with van der Waals surface area (Å²) in [4.78, 5) is 14.3. The number of hydrogen-bond acceptors (Lipinski definition) is 4. The first-order chi connectivity index (χ1) is 10.0. The van der Waals surface area contributed by atoms with E-state index in [1.165, 1.54) is 7.11 Å². The van der Waals surface area contributed by atoms with Gasteiger partial charge in [0.2, 0.25) is 0 Å². The van der Waals surface area contributed by atoms with Gasteiger partial charge >= 0.3 is 5.97 Å². The molecule has 1 aromatic rings. The molecule has 0 aliphatic carbocycles. The molecule has 1 rings (SSSR count). The van der Waals surface area contributed by atoms with Crippen molar-refractivity contribution in [3.05, 3.63) is 33.8 Å². The van der Waals surface area contributed by atoms with Crippen molar-refractivity contribution in [1.29, 1.82) is 0 Å². The number of carbonyl (C=O) groups excluding carboxylic acids is 1. The van der Waals surface area contributed by atoms with Gasteiger partial charge in [-0.1, -0.05) is 41.9 Å². The quantitative estimate of drug-likeness (QED) is 0.727. The van der Waals surface area contributed by atoms with E-state index in [0.29, 0.717) is 0 Å². The summed E-state index contributed by atoms with van der Waals surface area (Å²) in [6.45, 7) is 9.97. The van der Waals surface area contributed by atoms with Gasteiger partial charge in [0, 0.05) is 17.6 Å². The smallest absolute Gasteiger partial charge is 0.327 e. The van der Waals surface area contributed by atoms with Gasteiger partial charge in [-0.2, -0.15) is 0 Å². The van der Waals surface area contributed by atoms with Crippen LogP contribution in [-0.4, -0.2) is 44.2 Å². The van der Waals surface area contributed by atoms with Gasteiger partial charge in [0.25, 0.3) is 0 Å². The van der Waals surface area contributed by atoms with E-state index >= 15 is 0 Å². The average molecular weight is 357 g/mol. The molecule has 1 N–H and O–H groups in total. The molecule has 0 amide bonds. The summed E-state index contributed by atoms with van der Waals surface area (Å²) in [5.41, 5.74) is 2.04. The van der Waals surface area contributed by atoms with Crippen LogP contribution in [0.1, 0.15) is 31.0 Å². The lowest BCUT2D eigenvalue weighted by molar-refractivity contribution is -0.143. The molecule has 5 heteroatoms. The van der Waals surface area contributed by atoms with Gasteiger partial charge in [-0.15, -0.1) is 0 Å². The number of likely N-dealkylation sites (N-methyl/N-ethyl adjacent to an activating group) is 1. The summed E-state index contributed by atoms with van der Waals surface area (Å²) in [6.07, 6.45) is 0. The molecule has 0 saturated carbocycles. The number of nitrogens with zero attached hydrogens (tertiary/aromatic N) is 1. The van der Waals surface area contributed by atoms with Gasteiger partial charge in [0.05, 0.1) is 7.11 Å². The number of halogens is 1. The molecule has 0 spiro atoms. The molecular weight excluding hydrogens is 332 g/mol. The highest BCUT2D eigenvalue weighted by Crippen LogP contribution is 2.22. The normalized spacial score (nSPS) is 12.5. The Balaban J connectivity index is 2.76. The van der Waals surface area contributed by atoms with E-state index in [-0.39, 0.29) is 5.97 Å². The molecule has 0 aromatic heterocycles. The van der Waals surface area contributed by atoms with Gasteiger partial charge in [0.15, 0.2) is 0 Å². The van der Waals surface area contributed by atoms with Gasteiger partial charge in [0.1, 0.15) is 6.04 Å². The first-order valence-electron chi connectivity index (χ1n) is 7.33. The molecule has 0 aliphatic heterocycles. The Morgan fingerprint density at radius 2 is 2.05 bits per heavy atom. The summed E-state index contributed by atoms with van der Waals surface area (Å²) < 4.78 is 5.96. The van der Waals surface area contributed by atoms with Gasteiger partial charge in [-0.3, -0.25) is 5.32 Å². The predicted molar refractivity (Wildman–Crippen MR) is 89.4 cm³/mol. The van der Waals surface area contributed by atoms with E-state index in [4.69, 9.17) is 4.74 Å². The van der Waals surface area contributed by atoms with Crippen LogP contribution in [0, 0.1) is 6.92 Å². The van der Waals surface area contributed by atoms with Crippen LogP contribution in [0.3, 0.4) is 0 Å². The number of benzene rings is 1. The van der Waals surface area contributed by atoms with Crippen molar-refractivity contribution in [3.63, 3.8) is 0 Å². The Bertz CT molecular complexity index is 462. The SMILES string of the molecule is CCN(CC)CCNC(C(=O)OC)c1ccc(Br)c(C)c1. The van der Waals surface area contributed by atoms with Crippen LogP contribution < -0.4 is 5.32 Å². The Morgan fingerprint density at radius 3 is 2.57 bits per heavy atom. The zero-order valence-electron chi connectivity index (χ0n) is 13.3. The largest absolute Gasteiger partial charge is 0.468 e. The Kier molecular flexibility index (Phi) is 7.93. The van der Waals surface area contributed by atoms with Crippen molar-refractivity contribution < 1.29 is 9.53 Å². The fraction of sp³-hybridized carbons (Fsp3) is 0.562. The maximum absolute atomic E-state index is 12.0. The van der Waals surface area contributed by atoms with Crippen LogP contribution in [0.2, 0.25) is 0 Å². The fourth-order valence-corrected chi connectivity index (χ4v) is 2.46. The van der Waals surface area contributed by atoms with Gasteiger partial charge < -0.3 is 9.64 Å². The number of hydrogen-bond donors (Lipinski definition) is 1. The van der Waals surface area contributed by atoms with Crippen molar-refractivity contribution in [2.24, 2.45) is 0 Å². The van der Waals surface area contributed by atoms with Gasteiger partial charge in [-0.05, 0) is 37.2 Å². The summed E-state index contributed by atoms with van der Waals surface area (Å²) >= 11 is 3.48. The molecule has 4 nitrogen and oxygen atoms in total. The highest BCUT2D eigenvalue weighted by Gasteiger charge is 2.21. The average Bonchev–Trinajstić information content (AvgIpc) is 2.50. The minimum atomic E-state index is -0.419. The lowest BCUT2D eigenvalue weighted by atomic mass is 10.0. The minimum Gasteiger partial charge on any atom is -0.468 e. The third-order valence-corrected chi connectivity index (χ3v) is 4.51. The number of nitrogens with one attached hydrogen (secondary N) is 1. The zero-order valence-corrected chi connectivity index (χ0v) is 14.9. The second-order valence-electron chi connectivity index (χ2n) is 4.95. The van der Waals surface area contributed by atoms with E-state index in [9.17, 15) is 4.79 Å². The molecule has 21 heavy (non-hydrogen) atoms. The second kappa shape index (κ2) is 9.18. The molecule has 0 saturated heterocycles. The maximum Gasteiger partial charge on any atom is 0.327 e. The summed E-state index contributed by atoms with van der Waals surface area (Å²) in [6, 6.07) is 5.50. The topological polar surface area (TPSA) is 41.6 Å². The molecule has 0 heterocycles. The van der Waals surface area contributed by atoms with Crippen molar-refractivity contribution in [2.45, 2.75) is 26.8 Å². The highest BCUT2D eigenvalue weighted by atomic mass is 79.9. The van der Waals surface area contributed by atoms with Crippen LogP contribution >= 0.6 is 15.9 Å². The molecule has 1 atom stereocenters. The van der Waals surface area contributed by atoms with Crippen molar-refractivity contribution >= 4 is 21.9 Å². The van der Waals surface area contributed by atoms with E-state index in [2.05, 4.69) is 40.0 Å². The zero-order chi connectivity index (χ0) is 15.8. The lowest BCUT2D eigenvalue weighted by Gasteiger charge is -2.21. The molecule has 1 aromatic carbocycles. The number of ether oxygens (including phenoxy) is 1. The number of rotatable bonds is 8. The van der Waals surface area contributed by atoms with Crippen molar-refractivity contribution in [1.82, 2.24) is 10.2 Å². The van der Waals surface area contributed by atoms with Crippen LogP contribution in [0.5, 0.6) is 0 Å². The molecular formula is C16H25BrN2O2. The summed E-state index contributed by atoms with van der Waals surface area (Å²) in [5, 5.41) is 3.30. The Morgan fingerprint density at radius 1 is 1.38 bits per heavy atom. The maximum atomic E-state index is 12.0. The molecule has 0 bridgehead atoms. The molecule has 118 valence electrons. The van der Waals surface area contributed by atoms with E-state index < -0.39 is 6.04 Å². The van der Waals surface area contributed by atoms with Crippen LogP contribution in [-0.2, 0) is 9.53 Å². The first-order valence-corrected chi connectivity index (χ1v) is 8.12. The highest BCUT2D eigenvalue weighted by molar-refractivity contribution is 9.10. The fourth-order valence-electron chi connectivity index (χ4n) is 2.21. The van der Waals surface area contributed by atoms with Crippen LogP contribution in [0.25, 0.3) is 0 Å².